The molecule has 1 N–H and O–H groups in total. The molecule has 1 unspecified atom stereocenters. The van der Waals surface area contributed by atoms with Crippen molar-refractivity contribution in [3.05, 3.63) is 34.1 Å². The number of rotatable bonds is 3. The first-order valence-electron chi connectivity index (χ1n) is 5.51. The number of carbonyl (C=O) groups is 1. The monoisotopic (exact) mass is 301 g/mol. The van der Waals surface area contributed by atoms with Crippen molar-refractivity contribution in [3.8, 4) is 0 Å². The number of carboxylic acids is 1. The lowest BCUT2D eigenvalue weighted by atomic mass is 10.1. The summed E-state index contributed by atoms with van der Waals surface area (Å²) < 4.78 is 14.4. The van der Waals surface area contributed by atoms with Crippen molar-refractivity contribution >= 4 is 21.9 Å². The number of benzene rings is 1. The molecule has 0 radical (unpaired) electrons. The van der Waals surface area contributed by atoms with Crippen LogP contribution < -0.4 is 0 Å². The van der Waals surface area contributed by atoms with Crippen molar-refractivity contribution in [2.24, 2.45) is 0 Å². The normalized spacial score (nSPS) is 18.2. The van der Waals surface area contributed by atoms with Crippen molar-refractivity contribution in [2.45, 2.75) is 18.9 Å². The number of aliphatic carboxylic acids is 1. The third-order valence-corrected chi connectivity index (χ3v) is 3.49. The van der Waals surface area contributed by atoms with Gasteiger partial charge < -0.3 is 5.11 Å². The summed E-state index contributed by atoms with van der Waals surface area (Å²) in [6.45, 7) is 1.43. The van der Waals surface area contributed by atoms with Crippen molar-refractivity contribution in [2.75, 3.05) is 13.1 Å². The smallest absolute Gasteiger partial charge is 0.325 e. The van der Waals surface area contributed by atoms with E-state index < -0.39 is 17.8 Å². The summed E-state index contributed by atoms with van der Waals surface area (Å²) >= 11 is 3.16. The molecular formula is C12H13BrFNO2. The summed E-state index contributed by atoms with van der Waals surface area (Å²) in [5.41, 5.74) is 0.239. The van der Waals surface area contributed by atoms with Gasteiger partial charge in [-0.2, -0.15) is 0 Å². The first kappa shape index (κ1) is 12.5. The van der Waals surface area contributed by atoms with Crippen molar-refractivity contribution < 1.29 is 14.3 Å². The second kappa shape index (κ2) is 5.14. The molecule has 1 aromatic carbocycles. The van der Waals surface area contributed by atoms with Crippen LogP contribution in [0.15, 0.2) is 22.7 Å². The minimum Gasteiger partial charge on any atom is -0.480 e. The third-order valence-electron chi connectivity index (χ3n) is 3.00. The second-order valence-corrected chi connectivity index (χ2v) is 5.07. The molecule has 5 heteroatoms. The average molecular weight is 302 g/mol. The van der Waals surface area contributed by atoms with Gasteiger partial charge in [0.2, 0.25) is 0 Å². The van der Waals surface area contributed by atoms with E-state index in [-0.39, 0.29) is 5.56 Å². The molecule has 0 spiro atoms. The summed E-state index contributed by atoms with van der Waals surface area (Å²) in [6, 6.07) is 3.65. The Bertz CT molecular complexity index is 433. The van der Waals surface area contributed by atoms with Crippen LogP contribution in [-0.4, -0.2) is 29.1 Å². The van der Waals surface area contributed by atoms with E-state index in [1.54, 1.807) is 6.07 Å². The Morgan fingerprint density at radius 2 is 2.06 bits per heavy atom. The molecule has 1 atom stereocenters. The molecule has 17 heavy (non-hydrogen) atoms. The highest BCUT2D eigenvalue weighted by Gasteiger charge is 2.31. The number of likely N-dealkylation sites (tertiary alicyclic amines) is 1. The van der Waals surface area contributed by atoms with Crippen molar-refractivity contribution in [3.63, 3.8) is 0 Å². The molecule has 1 saturated heterocycles. The number of hydrogen-bond acceptors (Lipinski definition) is 2. The van der Waals surface area contributed by atoms with Crippen LogP contribution in [0.5, 0.6) is 0 Å². The number of carboxylic acid groups (broad SMARTS) is 1. The molecule has 1 fully saturated rings. The van der Waals surface area contributed by atoms with E-state index in [0.29, 0.717) is 17.6 Å². The van der Waals surface area contributed by atoms with E-state index in [1.807, 2.05) is 4.90 Å². The predicted molar refractivity (Wildman–Crippen MR) is 65.3 cm³/mol. The van der Waals surface area contributed by atoms with Crippen LogP contribution in [0.1, 0.15) is 24.4 Å². The zero-order valence-electron chi connectivity index (χ0n) is 9.20. The molecule has 1 aliphatic heterocycles. The lowest BCUT2D eigenvalue weighted by Gasteiger charge is -2.24. The molecule has 0 saturated carbocycles. The largest absolute Gasteiger partial charge is 0.480 e. The highest BCUT2D eigenvalue weighted by molar-refractivity contribution is 9.10. The lowest BCUT2D eigenvalue weighted by Crippen LogP contribution is -2.32. The zero-order chi connectivity index (χ0) is 12.4. The van der Waals surface area contributed by atoms with E-state index in [1.165, 1.54) is 12.1 Å². The summed E-state index contributed by atoms with van der Waals surface area (Å²) in [4.78, 5) is 13.1. The first-order valence-corrected chi connectivity index (χ1v) is 6.30. The van der Waals surface area contributed by atoms with Gasteiger partial charge in [-0.05, 0) is 38.1 Å². The van der Waals surface area contributed by atoms with Gasteiger partial charge in [-0.25, -0.2) is 4.39 Å². The zero-order valence-corrected chi connectivity index (χ0v) is 10.8. The Morgan fingerprint density at radius 3 is 2.59 bits per heavy atom. The van der Waals surface area contributed by atoms with E-state index in [9.17, 15) is 14.3 Å². The van der Waals surface area contributed by atoms with Crippen LogP contribution in [-0.2, 0) is 4.79 Å². The Kier molecular flexibility index (Phi) is 3.79. The van der Waals surface area contributed by atoms with E-state index in [0.717, 1.165) is 12.8 Å². The van der Waals surface area contributed by atoms with Gasteiger partial charge in [0.15, 0.2) is 0 Å². The second-order valence-electron chi connectivity index (χ2n) is 4.15. The van der Waals surface area contributed by atoms with Crippen LogP contribution in [0.25, 0.3) is 0 Å². The summed E-state index contributed by atoms with van der Waals surface area (Å²) in [6.07, 6.45) is 1.95. The molecule has 0 aliphatic carbocycles. The van der Waals surface area contributed by atoms with Gasteiger partial charge in [0.25, 0.3) is 0 Å². The van der Waals surface area contributed by atoms with Gasteiger partial charge >= 0.3 is 5.97 Å². The fourth-order valence-electron chi connectivity index (χ4n) is 2.21. The highest BCUT2D eigenvalue weighted by atomic mass is 79.9. The van der Waals surface area contributed by atoms with E-state index >= 15 is 0 Å². The molecule has 1 aliphatic rings. The van der Waals surface area contributed by atoms with Gasteiger partial charge in [-0.15, -0.1) is 0 Å². The summed E-state index contributed by atoms with van der Waals surface area (Å²) in [5.74, 6) is -1.47. The fourth-order valence-corrected chi connectivity index (χ4v) is 2.54. The Balaban J connectivity index is 2.35. The third kappa shape index (κ3) is 2.66. The Hall–Kier alpha value is -0.940. The average Bonchev–Trinajstić information content (AvgIpc) is 2.74. The Labute approximate surface area is 107 Å². The summed E-state index contributed by atoms with van der Waals surface area (Å²) in [5, 5.41) is 9.26. The maximum Gasteiger partial charge on any atom is 0.325 e. The van der Waals surface area contributed by atoms with Gasteiger partial charge in [-0.1, -0.05) is 22.0 Å². The predicted octanol–water partition coefficient (Wildman–Crippen LogP) is 2.81. The minimum absolute atomic E-state index is 0.239. The van der Waals surface area contributed by atoms with Crippen LogP contribution in [0, 0.1) is 5.82 Å². The van der Waals surface area contributed by atoms with Crippen molar-refractivity contribution in [1.82, 2.24) is 4.90 Å². The van der Waals surface area contributed by atoms with Crippen LogP contribution >= 0.6 is 15.9 Å². The first-order chi connectivity index (χ1) is 8.09. The minimum atomic E-state index is -0.992. The van der Waals surface area contributed by atoms with Crippen molar-refractivity contribution in [1.29, 1.82) is 0 Å². The fraction of sp³-hybridized carbons (Fsp3) is 0.417. The van der Waals surface area contributed by atoms with Gasteiger partial charge in [0.1, 0.15) is 11.9 Å². The van der Waals surface area contributed by atoms with E-state index in [2.05, 4.69) is 15.9 Å². The topological polar surface area (TPSA) is 40.5 Å². The van der Waals surface area contributed by atoms with Gasteiger partial charge in [0.05, 0.1) is 0 Å². The lowest BCUT2D eigenvalue weighted by molar-refractivity contribution is -0.143. The molecule has 2 rings (SSSR count). The SMILES string of the molecule is O=C(O)C(c1ccc(Br)cc1F)N1CCCC1. The molecule has 1 heterocycles. The van der Waals surface area contributed by atoms with Crippen LogP contribution in [0.3, 0.4) is 0 Å². The Morgan fingerprint density at radius 1 is 1.41 bits per heavy atom. The standard InChI is InChI=1S/C12H13BrFNO2/c13-8-3-4-9(10(14)7-8)11(12(16)17)15-5-1-2-6-15/h3-4,7,11H,1-2,5-6H2,(H,16,17). The van der Waals surface area contributed by atoms with E-state index in [4.69, 9.17) is 0 Å². The quantitative estimate of drug-likeness (QED) is 0.933. The highest BCUT2D eigenvalue weighted by Crippen LogP contribution is 2.28. The molecule has 3 nitrogen and oxygen atoms in total. The molecule has 1 aromatic rings. The molecule has 0 amide bonds. The molecule has 0 aromatic heterocycles. The van der Waals surface area contributed by atoms with Gasteiger partial charge in [-0.3, -0.25) is 9.69 Å². The van der Waals surface area contributed by atoms with Crippen LogP contribution in [0.2, 0.25) is 0 Å². The van der Waals surface area contributed by atoms with Gasteiger partial charge in [0, 0.05) is 10.0 Å². The maximum atomic E-state index is 13.8. The van der Waals surface area contributed by atoms with Crippen LogP contribution in [0.4, 0.5) is 4.39 Å². The molecule has 0 bridgehead atoms. The molecular weight excluding hydrogens is 289 g/mol. The summed E-state index contributed by atoms with van der Waals surface area (Å²) in [7, 11) is 0. The number of halogens is 2. The number of hydrogen-bond donors (Lipinski definition) is 1. The number of nitrogens with zero attached hydrogens (tertiary/aromatic N) is 1. The molecule has 92 valence electrons. The maximum absolute atomic E-state index is 13.8.